The van der Waals surface area contributed by atoms with Gasteiger partial charge in [-0.25, -0.2) is 0 Å². The van der Waals surface area contributed by atoms with Crippen molar-refractivity contribution in [2.24, 2.45) is 0 Å². The number of thiocarbonyl (C=S) groups is 1. The first-order valence-corrected chi connectivity index (χ1v) is 7.83. The molecule has 1 fully saturated rings. The van der Waals surface area contributed by atoms with Crippen molar-refractivity contribution in [3.63, 3.8) is 0 Å². The maximum atomic E-state index is 5.39. The third-order valence-electron chi connectivity index (χ3n) is 3.90. The Kier molecular flexibility index (Phi) is 5.38. The molecule has 2 rings (SSSR count). The van der Waals surface area contributed by atoms with E-state index in [1.807, 2.05) is 0 Å². The number of benzene rings is 1. The van der Waals surface area contributed by atoms with Gasteiger partial charge in [-0.05, 0) is 58.0 Å². The Hall–Kier alpha value is -1.13. The smallest absolute Gasteiger partial charge is 0.170 e. The number of hydrogen-bond acceptors (Lipinski definition) is 2. The minimum Gasteiger partial charge on any atom is -0.360 e. The summed E-state index contributed by atoms with van der Waals surface area (Å²) in [4.78, 5) is 2.52. The molecule has 0 radical (unpaired) electrons. The van der Waals surface area contributed by atoms with Crippen LogP contribution < -0.4 is 10.6 Å². The summed E-state index contributed by atoms with van der Waals surface area (Å²) in [5.41, 5.74) is 2.31. The largest absolute Gasteiger partial charge is 0.360 e. The van der Waals surface area contributed by atoms with Crippen molar-refractivity contribution in [2.45, 2.75) is 45.7 Å². The topological polar surface area (TPSA) is 27.3 Å². The van der Waals surface area contributed by atoms with E-state index >= 15 is 0 Å². The molecule has 4 heteroatoms. The Morgan fingerprint density at radius 2 is 1.80 bits per heavy atom. The van der Waals surface area contributed by atoms with Crippen LogP contribution in [0.25, 0.3) is 0 Å². The number of rotatable bonds is 3. The first kappa shape index (κ1) is 15.3. The lowest BCUT2D eigenvalue weighted by Crippen LogP contribution is -2.47. The van der Waals surface area contributed by atoms with E-state index in [4.69, 9.17) is 12.2 Å². The first-order chi connectivity index (χ1) is 9.54. The van der Waals surface area contributed by atoms with Gasteiger partial charge in [0.15, 0.2) is 5.11 Å². The highest BCUT2D eigenvalue weighted by atomic mass is 32.1. The average molecular weight is 291 g/mol. The highest BCUT2D eigenvalue weighted by Crippen LogP contribution is 2.13. The van der Waals surface area contributed by atoms with Gasteiger partial charge in [0.2, 0.25) is 0 Å². The Morgan fingerprint density at radius 1 is 1.20 bits per heavy atom. The summed E-state index contributed by atoms with van der Waals surface area (Å²) in [5.74, 6) is 0. The minimum absolute atomic E-state index is 0.496. The van der Waals surface area contributed by atoms with E-state index in [9.17, 15) is 0 Å². The van der Waals surface area contributed by atoms with Crippen molar-refractivity contribution in [1.29, 1.82) is 0 Å². The van der Waals surface area contributed by atoms with Crippen LogP contribution in [0.1, 0.15) is 32.3 Å². The molecule has 1 saturated heterocycles. The maximum absolute atomic E-state index is 5.39. The van der Waals surface area contributed by atoms with Gasteiger partial charge in [0.05, 0.1) is 0 Å². The van der Waals surface area contributed by atoms with Crippen molar-refractivity contribution in [3.05, 3.63) is 29.8 Å². The fraction of sp³-hybridized carbons (Fsp3) is 0.562. The van der Waals surface area contributed by atoms with E-state index in [-0.39, 0.29) is 0 Å². The van der Waals surface area contributed by atoms with Crippen LogP contribution in [0.15, 0.2) is 24.3 Å². The van der Waals surface area contributed by atoms with Crippen LogP contribution in [-0.2, 0) is 0 Å². The van der Waals surface area contributed by atoms with Gasteiger partial charge >= 0.3 is 0 Å². The molecule has 1 heterocycles. The van der Waals surface area contributed by atoms with Crippen LogP contribution in [0.5, 0.6) is 0 Å². The van der Waals surface area contributed by atoms with E-state index in [1.165, 1.54) is 5.56 Å². The van der Waals surface area contributed by atoms with Gasteiger partial charge in [-0.15, -0.1) is 0 Å². The summed E-state index contributed by atoms with van der Waals surface area (Å²) < 4.78 is 0. The van der Waals surface area contributed by atoms with Crippen molar-refractivity contribution < 1.29 is 0 Å². The van der Waals surface area contributed by atoms with E-state index in [2.05, 4.69) is 60.6 Å². The number of nitrogens with one attached hydrogen (secondary N) is 2. The molecule has 1 aliphatic rings. The second-order valence-electron chi connectivity index (χ2n) is 5.87. The van der Waals surface area contributed by atoms with Gasteiger partial charge < -0.3 is 15.5 Å². The van der Waals surface area contributed by atoms with Gasteiger partial charge in [0.1, 0.15) is 0 Å². The van der Waals surface area contributed by atoms with Gasteiger partial charge in [-0.3, -0.25) is 0 Å². The predicted octanol–water partition coefficient (Wildman–Crippen LogP) is 3.15. The molecule has 3 nitrogen and oxygen atoms in total. The van der Waals surface area contributed by atoms with Crippen LogP contribution in [0.2, 0.25) is 0 Å². The molecule has 0 saturated carbocycles. The number of nitrogens with zero attached hydrogens (tertiary/aromatic N) is 1. The Balaban J connectivity index is 1.77. The van der Waals surface area contributed by atoms with E-state index < -0.39 is 0 Å². The molecule has 0 aromatic heterocycles. The molecule has 0 unspecified atom stereocenters. The van der Waals surface area contributed by atoms with Gasteiger partial charge in [-0.1, -0.05) is 17.7 Å². The van der Waals surface area contributed by atoms with Crippen LogP contribution in [0.4, 0.5) is 5.69 Å². The Bertz CT molecular complexity index is 434. The fourth-order valence-corrected chi connectivity index (χ4v) is 2.83. The standard InChI is InChI=1S/C16H25N3S/c1-12(2)19-10-8-15(9-11-19)18-16(20)17-14-6-4-13(3)5-7-14/h4-7,12,15H,8-11H2,1-3H3,(H2,17,18,20). The molecule has 1 aliphatic heterocycles. The number of likely N-dealkylation sites (tertiary alicyclic amines) is 1. The normalized spacial score (nSPS) is 17.2. The third-order valence-corrected chi connectivity index (χ3v) is 4.12. The van der Waals surface area contributed by atoms with E-state index in [0.29, 0.717) is 12.1 Å². The van der Waals surface area contributed by atoms with Crippen molar-refractivity contribution in [3.8, 4) is 0 Å². The first-order valence-electron chi connectivity index (χ1n) is 7.43. The Morgan fingerprint density at radius 3 is 2.35 bits per heavy atom. The zero-order valence-electron chi connectivity index (χ0n) is 12.6. The molecule has 0 amide bonds. The molecule has 0 spiro atoms. The van der Waals surface area contributed by atoms with Gasteiger partial charge in [-0.2, -0.15) is 0 Å². The molecule has 1 aromatic carbocycles. The molecular formula is C16H25N3S. The fourth-order valence-electron chi connectivity index (χ4n) is 2.55. The molecular weight excluding hydrogens is 266 g/mol. The number of piperidine rings is 1. The zero-order chi connectivity index (χ0) is 14.5. The maximum Gasteiger partial charge on any atom is 0.170 e. The van der Waals surface area contributed by atoms with E-state index in [1.54, 1.807) is 0 Å². The predicted molar refractivity (Wildman–Crippen MR) is 90.3 cm³/mol. The number of hydrogen-bond donors (Lipinski definition) is 2. The second-order valence-corrected chi connectivity index (χ2v) is 6.28. The summed E-state index contributed by atoms with van der Waals surface area (Å²) in [6, 6.07) is 9.44. The lowest BCUT2D eigenvalue weighted by atomic mass is 10.0. The van der Waals surface area contributed by atoms with Gasteiger partial charge in [0.25, 0.3) is 0 Å². The van der Waals surface area contributed by atoms with Crippen LogP contribution in [0, 0.1) is 6.92 Å². The number of aryl methyl sites for hydroxylation is 1. The summed E-state index contributed by atoms with van der Waals surface area (Å²) in [7, 11) is 0. The highest BCUT2D eigenvalue weighted by Gasteiger charge is 2.21. The van der Waals surface area contributed by atoms with Crippen molar-refractivity contribution in [2.75, 3.05) is 18.4 Å². The summed E-state index contributed by atoms with van der Waals surface area (Å²) >= 11 is 5.39. The van der Waals surface area contributed by atoms with Crippen LogP contribution in [0.3, 0.4) is 0 Å². The molecule has 2 N–H and O–H groups in total. The molecule has 110 valence electrons. The SMILES string of the molecule is Cc1ccc(NC(=S)NC2CCN(C(C)C)CC2)cc1. The summed E-state index contributed by atoms with van der Waals surface area (Å²) in [6.45, 7) is 8.92. The molecule has 0 bridgehead atoms. The monoisotopic (exact) mass is 291 g/mol. The Labute approximate surface area is 127 Å². The zero-order valence-corrected chi connectivity index (χ0v) is 13.5. The van der Waals surface area contributed by atoms with Crippen LogP contribution >= 0.6 is 12.2 Å². The van der Waals surface area contributed by atoms with Crippen molar-refractivity contribution in [1.82, 2.24) is 10.2 Å². The quantitative estimate of drug-likeness (QED) is 0.837. The van der Waals surface area contributed by atoms with E-state index in [0.717, 1.165) is 36.7 Å². The van der Waals surface area contributed by atoms with Crippen molar-refractivity contribution >= 4 is 23.0 Å². The molecule has 0 atom stereocenters. The lowest BCUT2D eigenvalue weighted by Gasteiger charge is -2.35. The lowest BCUT2D eigenvalue weighted by molar-refractivity contribution is 0.168. The number of anilines is 1. The van der Waals surface area contributed by atoms with Crippen LogP contribution in [-0.4, -0.2) is 35.2 Å². The summed E-state index contributed by atoms with van der Waals surface area (Å²) in [6.07, 6.45) is 2.32. The highest BCUT2D eigenvalue weighted by molar-refractivity contribution is 7.80. The minimum atomic E-state index is 0.496. The van der Waals surface area contributed by atoms with Gasteiger partial charge in [0, 0.05) is 30.9 Å². The third kappa shape index (κ3) is 4.46. The molecule has 1 aromatic rings. The molecule has 20 heavy (non-hydrogen) atoms. The second kappa shape index (κ2) is 7.04. The average Bonchev–Trinajstić information content (AvgIpc) is 2.42. The summed E-state index contributed by atoms with van der Waals surface area (Å²) in [5, 5.41) is 7.43. The molecule has 0 aliphatic carbocycles.